The molecule has 4 nitrogen and oxygen atoms in total. The molecule has 0 aliphatic rings. The lowest BCUT2D eigenvalue weighted by molar-refractivity contribution is 0.224. The second-order valence-electron chi connectivity index (χ2n) is 3.59. The van der Waals surface area contributed by atoms with Gasteiger partial charge in [-0.2, -0.15) is 5.10 Å². The van der Waals surface area contributed by atoms with Gasteiger partial charge >= 0.3 is 0 Å². The van der Waals surface area contributed by atoms with E-state index in [1.165, 1.54) is 12.1 Å². The lowest BCUT2D eigenvalue weighted by Gasteiger charge is -2.06. The zero-order chi connectivity index (χ0) is 12.4. The standard InChI is InChI=1S/C11H11FIN3O/c1-6(17)14-11-9(13)10(15-16-11)7-3-2-4-8(12)5-7/h2-6,17H,1H3,(H2,14,15,16). The van der Waals surface area contributed by atoms with E-state index in [0.29, 0.717) is 17.1 Å². The van der Waals surface area contributed by atoms with Crippen LogP contribution >= 0.6 is 22.6 Å². The Kier molecular flexibility index (Phi) is 3.63. The number of nitrogens with zero attached hydrogens (tertiary/aromatic N) is 1. The summed E-state index contributed by atoms with van der Waals surface area (Å²) in [6, 6.07) is 6.23. The quantitative estimate of drug-likeness (QED) is 0.591. The van der Waals surface area contributed by atoms with E-state index in [1.807, 2.05) is 0 Å². The molecule has 17 heavy (non-hydrogen) atoms. The van der Waals surface area contributed by atoms with Crippen molar-refractivity contribution in [3.05, 3.63) is 33.7 Å². The molecule has 0 aliphatic carbocycles. The fraction of sp³-hybridized carbons (Fsp3) is 0.182. The Hall–Kier alpha value is -1.15. The number of rotatable bonds is 3. The zero-order valence-electron chi connectivity index (χ0n) is 9.04. The summed E-state index contributed by atoms with van der Waals surface area (Å²) in [4.78, 5) is 0. The van der Waals surface area contributed by atoms with Crippen molar-refractivity contribution < 1.29 is 9.50 Å². The van der Waals surface area contributed by atoms with Crippen LogP contribution in [-0.4, -0.2) is 21.5 Å². The largest absolute Gasteiger partial charge is 0.374 e. The van der Waals surface area contributed by atoms with E-state index in [9.17, 15) is 9.50 Å². The van der Waals surface area contributed by atoms with Gasteiger partial charge < -0.3 is 10.4 Å². The highest BCUT2D eigenvalue weighted by molar-refractivity contribution is 14.1. The number of hydrogen-bond acceptors (Lipinski definition) is 3. The highest BCUT2D eigenvalue weighted by Crippen LogP contribution is 2.28. The molecule has 1 atom stereocenters. The summed E-state index contributed by atoms with van der Waals surface area (Å²) in [5.41, 5.74) is 1.36. The van der Waals surface area contributed by atoms with E-state index in [4.69, 9.17) is 0 Å². The number of anilines is 1. The van der Waals surface area contributed by atoms with Crippen LogP contribution in [0.15, 0.2) is 24.3 Å². The van der Waals surface area contributed by atoms with Crippen LogP contribution < -0.4 is 5.32 Å². The first kappa shape index (κ1) is 12.3. The first-order valence-electron chi connectivity index (χ1n) is 5.02. The number of H-pyrrole nitrogens is 1. The van der Waals surface area contributed by atoms with Gasteiger partial charge in [0, 0.05) is 5.56 Å². The van der Waals surface area contributed by atoms with Crippen molar-refractivity contribution in [3.8, 4) is 11.3 Å². The van der Waals surface area contributed by atoms with E-state index in [0.717, 1.165) is 3.57 Å². The van der Waals surface area contributed by atoms with Gasteiger partial charge in [0.15, 0.2) is 0 Å². The molecule has 0 spiro atoms. The van der Waals surface area contributed by atoms with Crippen molar-refractivity contribution in [1.82, 2.24) is 10.2 Å². The Morgan fingerprint density at radius 1 is 1.53 bits per heavy atom. The van der Waals surface area contributed by atoms with Crippen LogP contribution in [0, 0.1) is 9.39 Å². The second-order valence-corrected chi connectivity index (χ2v) is 4.67. The Morgan fingerprint density at radius 2 is 2.29 bits per heavy atom. The van der Waals surface area contributed by atoms with Crippen molar-refractivity contribution in [2.24, 2.45) is 0 Å². The molecule has 0 amide bonds. The Morgan fingerprint density at radius 3 is 2.94 bits per heavy atom. The summed E-state index contributed by atoms with van der Waals surface area (Å²) in [6.45, 7) is 1.61. The van der Waals surface area contributed by atoms with Crippen molar-refractivity contribution in [2.75, 3.05) is 5.32 Å². The molecule has 2 aromatic rings. The summed E-state index contributed by atoms with van der Waals surface area (Å²) in [5.74, 6) is 0.325. The van der Waals surface area contributed by atoms with Crippen LogP contribution in [-0.2, 0) is 0 Å². The first-order valence-corrected chi connectivity index (χ1v) is 6.10. The molecule has 3 N–H and O–H groups in total. The molecular weight excluding hydrogens is 336 g/mol. The molecule has 0 bridgehead atoms. The van der Waals surface area contributed by atoms with Crippen LogP contribution in [0.25, 0.3) is 11.3 Å². The number of benzene rings is 1. The van der Waals surface area contributed by atoms with Crippen molar-refractivity contribution in [1.29, 1.82) is 0 Å². The number of halogens is 2. The number of aliphatic hydroxyl groups excluding tert-OH is 1. The fourth-order valence-corrected chi connectivity index (χ4v) is 2.17. The van der Waals surface area contributed by atoms with Crippen LogP contribution in [0.2, 0.25) is 0 Å². The third kappa shape index (κ3) is 2.75. The lowest BCUT2D eigenvalue weighted by Crippen LogP contribution is -2.14. The van der Waals surface area contributed by atoms with Crippen LogP contribution in [0.3, 0.4) is 0 Å². The molecule has 2 rings (SSSR count). The van der Waals surface area contributed by atoms with E-state index in [1.54, 1.807) is 19.1 Å². The highest BCUT2D eigenvalue weighted by atomic mass is 127. The van der Waals surface area contributed by atoms with Gasteiger partial charge in [-0.05, 0) is 41.6 Å². The molecule has 0 fully saturated rings. The average Bonchev–Trinajstić information content (AvgIpc) is 2.60. The molecule has 0 saturated heterocycles. The summed E-state index contributed by atoms with van der Waals surface area (Å²) in [7, 11) is 0. The molecule has 0 saturated carbocycles. The topological polar surface area (TPSA) is 60.9 Å². The number of aromatic amines is 1. The average molecular weight is 347 g/mol. The van der Waals surface area contributed by atoms with Gasteiger partial charge in [0.1, 0.15) is 23.6 Å². The van der Waals surface area contributed by atoms with E-state index in [-0.39, 0.29) is 5.82 Å². The van der Waals surface area contributed by atoms with E-state index in [2.05, 4.69) is 38.1 Å². The van der Waals surface area contributed by atoms with Crippen LogP contribution in [0.4, 0.5) is 10.2 Å². The van der Waals surface area contributed by atoms with Gasteiger partial charge in [-0.1, -0.05) is 12.1 Å². The van der Waals surface area contributed by atoms with Gasteiger partial charge in [-0.3, -0.25) is 5.10 Å². The summed E-state index contributed by atoms with van der Waals surface area (Å²) in [6.07, 6.45) is -0.677. The molecule has 1 aromatic carbocycles. The van der Waals surface area contributed by atoms with Gasteiger partial charge in [-0.25, -0.2) is 4.39 Å². The van der Waals surface area contributed by atoms with Gasteiger partial charge in [-0.15, -0.1) is 0 Å². The minimum absolute atomic E-state index is 0.300. The van der Waals surface area contributed by atoms with Crippen molar-refractivity contribution >= 4 is 28.4 Å². The Labute approximate surface area is 111 Å². The number of hydrogen-bond donors (Lipinski definition) is 3. The summed E-state index contributed by atoms with van der Waals surface area (Å²) >= 11 is 2.09. The van der Waals surface area contributed by atoms with Crippen molar-refractivity contribution in [2.45, 2.75) is 13.2 Å². The normalized spacial score (nSPS) is 12.5. The molecule has 1 unspecified atom stereocenters. The number of nitrogens with one attached hydrogen (secondary N) is 2. The zero-order valence-corrected chi connectivity index (χ0v) is 11.2. The first-order chi connectivity index (χ1) is 8.08. The molecule has 1 aromatic heterocycles. The SMILES string of the molecule is CC(O)Nc1[nH]nc(-c2cccc(F)c2)c1I. The second kappa shape index (κ2) is 5.01. The van der Waals surface area contributed by atoms with Crippen LogP contribution in [0.5, 0.6) is 0 Å². The molecule has 1 heterocycles. The third-order valence-corrected chi connectivity index (χ3v) is 3.21. The monoisotopic (exact) mass is 347 g/mol. The lowest BCUT2D eigenvalue weighted by atomic mass is 10.1. The molecule has 6 heteroatoms. The Bertz CT molecular complexity index is 527. The Balaban J connectivity index is 2.37. The van der Waals surface area contributed by atoms with Gasteiger partial charge in [0.2, 0.25) is 0 Å². The highest BCUT2D eigenvalue weighted by Gasteiger charge is 2.13. The van der Waals surface area contributed by atoms with Crippen molar-refractivity contribution in [3.63, 3.8) is 0 Å². The smallest absolute Gasteiger partial charge is 0.137 e. The maximum atomic E-state index is 13.1. The molecule has 0 aliphatic heterocycles. The maximum absolute atomic E-state index is 13.1. The molecular formula is C11H11FIN3O. The predicted molar refractivity (Wildman–Crippen MR) is 72.0 cm³/mol. The summed E-state index contributed by atoms with van der Waals surface area (Å²) in [5, 5.41) is 18.9. The molecule has 0 radical (unpaired) electrons. The predicted octanol–water partition coefficient (Wildman–Crippen LogP) is 2.57. The van der Waals surface area contributed by atoms with Gasteiger partial charge in [0.05, 0.1) is 3.57 Å². The van der Waals surface area contributed by atoms with Crippen LogP contribution in [0.1, 0.15) is 6.92 Å². The van der Waals surface area contributed by atoms with E-state index < -0.39 is 6.23 Å². The molecule has 90 valence electrons. The number of aromatic nitrogens is 2. The minimum Gasteiger partial charge on any atom is -0.374 e. The van der Waals surface area contributed by atoms with E-state index >= 15 is 0 Å². The van der Waals surface area contributed by atoms with Gasteiger partial charge in [0.25, 0.3) is 0 Å². The minimum atomic E-state index is -0.677. The number of aliphatic hydroxyl groups is 1. The third-order valence-electron chi connectivity index (χ3n) is 2.16. The summed E-state index contributed by atoms with van der Waals surface area (Å²) < 4.78 is 13.9. The fourth-order valence-electron chi connectivity index (χ4n) is 1.46. The maximum Gasteiger partial charge on any atom is 0.137 e.